The second kappa shape index (κ2) is 3.54. The van der Waals surface area contributed by atoms with Crippen molar-refractivity contribution in [2.45, 2.75) is 26.8 Å². The van der Waals surface area contributed by atoms with Crippen LogP contribution >= 0.6 is 11.6 Å². The molecule has 0 fully saturated rings. The van der Waals surface area contributed by atoms with E-state index in [0.717, 1.165) is 27.2 Å². The highest BCUT2D eigenvalue weighted by atomic mass is 35.5. The molecule has 0 saturated carbocycles. The van der Waals surface area contributed by atoms with Gasteiger partial charge in [-0.05, 0) is 38.0 Å². The number of H-pyrrole nitrogens is 1. The lowest BCUT2D eigenvalue weighted by Gasteiger charge is -2.06. The summed E-state index contributed by atoms with van der Waals surface area (Å²) in [4.78, 5) is 3.35. The Morgan fingerprint density at radius 1 is 1.33 bits per heavy atom. The number of aryl methyl sites for hydroxylation is 2. The Bertz CT molecular complexity index is 512. The van der Waals surface area contributed by atoms with E-state index in [0.29, 0.717) is 0 Å². The lowest BCUT2D eigenvalue weighted by molar-refractivity contribution is 0.817. The Kier molecular flexibility index (Phi) is 2.49. The number of hydrogen-bond acceptors (Lipinski definition) is 1. The van der Waals surface area contributed by atoms with Crippen molar-refractivity contribution in [3.8, 4) is 0 Å². The van der Waals surface area contributed by atoms with E-state index in [-0.39, 0.29) is 6.04 Å². The average Bonchev–Trinajstić information content (AvgIpc) is 2.50. The van der Waals surface area contributed by atoms with Gasteiger partial charge in [-0.2, -0.15) is 0 Å². The average molecular weight is 223 g/mol. The molecule has 0 radical (unpaired) electrons. The highest BCUT2D eigenvalue weighted by molar-refractivity contribution is 6.36. The first-order chi connectivity index (χ1) is 7.02. The van der Waals surface area contributed by atoms with Crippen molar-refractivity contribution in [2.24, 2.45) is 5.73 Å². The fourth-order valence-electron chi connectivity index (χ4n) is 2.12. The van der Waals surface area contributed by atoms with Crippen LogP contribution in [-0.2, 0) is 0 Å². The van der Waals surface area contributed by atoms with Crippen molar-refractivity contribution in [3.63, 3.8) is 0 Å². The Morgan fingerprint density at radius 3 is 2.60 bits per heavy atom. The predicted octanol–water partition coefficient (Wildman–Crippen LogP) is 3.46. The molecule has 0 amide bonds. The summed E-state index contributed by atoms with van der Waals surface area (Å²) in [6, 6.07) is 3.95. The van der Waals surface area contributed by atoms with E-state index in [2.05, 4.69) is 11.9 Å². The summed E-state index contributed by atoms with van der Waals surface area (Å²) in [6.07, 6.45) is 0. The first-order valence-electron chi connectivity index (χ1n) is 5.05. The van der Waals surface area contributed by atoms with Crippen LogP contribution in [0.1, 0.15) is 29.8 Å². The number of rotatable bonds is 1. The highest BCUT2D eigenvalue weighted by Crippen LogP contribution is 2.33. The van der Waals surface area contributed by atoms with Gasteiger partial charge >= 0.3 is 0 Å². The number of hydrogen-bond donors (Lipinski definition) is 2. The Morgan fingerprint density at radius 2 is 2.00 bits per heavy atom. The quantitative estimate of drug-likeness (QED) is 0.763. The van der Waals surface area contributed by atoms with E-state index in [9.17, 15) is 0 Å². The zero-order valence-electron chi connectivity index (χ0n) is 9.19. The van der Waals surface area contributed by atoms with Crippen LogP contribution in [-0.4, -0.2) is 4.98 Å². The largest absolute Gasteiger partial charge is 0.358 e. The molecule has 0 saturated heterocycles. The van der Waals surface area contributed by atoms with Gasteiger partial charge in [0.15, 0.2) is 0 Å². The van der Waals surface area contributed by atoms with E-state index in [1.165, 1.54) is 5.56 Å². The van der Waals surface area contributed by atoms with Crippen molar-refractivity contribution in [3.05, 3.63) is 34.0 Å². The summed E-state index contributed by atoms with van der Waals surface area (Å²) >= 11 is 6.22. The molecule has 2 aromatic rings. The summed E-state index contributed by atoms with van der Waals surface area (Å²) in [7, 11) is 0. The second-order valence-electron chi connectivity index (χ2n) is 4.07. The molecule has 0 aliphatic rings. The molecule has 1 heterocycles. The molecular formula is C12H15ClN2. The summed E-state index contributed by atoms with van der Waals surface area (Å²) < 4.78 is 0. The predicted molar refractivity (Wildman–Crippen MR) is 65.4 cm³/mol. The van der Waals surface area contributed by atoms with Crippen molar-refractivity contribution in [2.75, 3.05) is 0 Å². The zero-order chi connectivity index (χ0) is 11.2. The minimum Gasteiger partial charge on any atom is -0.358 e. The third kappa shape index (κ3) is 1.54. The summed E-state index contributed by atoms with van der Waals surface area (Å²) in [5, 5.41) is 1.84. The number of nitrogens with one attached hydrogen (secondary N) is 1. The molecule has 1 unspecified atom stereocenters. The molecular weight excluding hydrogens is 208 g/mol. The maximum Gasteiger partial charge on any atom is 0.0504 e. The van der Waals surface area contributed by atoms with Crippen LogP contribution in [0, 0.1) is 13.8 Å². The smallest absolute Gasteiger partial charge is 0.0504 e. The van der Waals surface area contributed by atoms with Crippen LogP contribution in [0.5, 0.6) is 0 Å². The van der Waals surface area contributed by atoms with Gasteiger partial charge in [0.25, 0.3) is 0 Å². The molecule has 3 N–H and O–H groups in total. The van der Waals surface area contributed by atoms with Gasteiger partial charge in [-0.25, -0.2) is 0 Å². The Balaban J connectivity index is 2.92. The molecule has 3 heteroatoms. The van der Waals surface area contributed by atoms with E-state index < -0.39 is 0 Å². The minimum atomic E-state index is -0.00181. The maximum atomic E-state index is 6.22. The van der Waals surface area contributed by atoms with E-state index in [1.54, 1.807) is 0 Å². The SMILES string of the molecule is Cc1[nH]c2c(C)ccc(Cl)c2c1C(C)N. The molecule has 1 aromatic carbocycles. The molecule has 1 atom stereocenters. The highest BCUT2D eigenvalue weighted by Gasteiger charge is 2.15. The first-order valence-corrected chi connectivity index (χ1v) is 5.43. The monoisotopic (exact) mass is 222 g/mol. The van der Waals surface area contributed by atoms with Crippen molar-refractivity contribution in [1.82, 2.24) is 4.98 Å². The molecule has 0 aliphatic carbocycles. The van der Waals surface area contributed by atoms with Gasteiger partial charge in [-0.3, -0.25) is 0 Å². The lowest BCUT2D eigenvalue weighted by atomic mass is 10.0. The molecule has 1 aromatic heterocycles. The van der Waals surface area contributed by atoms with E-state index >= 15 is 0 Å². The van der Waals surface area contributed by atoms with Crippen LogP contribution in [0.2, 0.25) is 5.02 Å². The Labute approximate surface area is 94.4 Å². The van der Waals surface area contributed by atoms with Gasteiger partial charge in [-0.15, -0.1) is 0 Å². The number of halogens is 1. The summed E-state index contributed by atoms with van der Waals surface area (Å²) in [5.41, 5.74) is 10.5. The van der Waals surface area contributed by atoms with Gasteiger partial charge in [0, 0.05) is 17.1 Å². The minimum absolute atomic E-state index is 0.00181. The summed E-state index contributed by atoms with van der Waals surface area (Å²) in [6.45, 7) is 6.09. The van der Waals surface area contributed by atoms with E-state index in [4.69, 9.17) is 17.3 Å². The van der Waals surface area contributed by atoms with Crippen LogP contribution in [0.3, 0.4) is 0 Å². The van der Waals surface area contributed by atoms with Gasteiger partial charge in [0.2, 0.25) is 0 Å². The van der Waals surface area contributed by atoms with Crippen LogP contribution < -0.4 is 5.73 Å². The fraction of sp³-hybridized carbons (Fsp3) is 0.333. The fourth-order valence-corrected chi connectivity index (χ4v) is 2.38. The maximum absolute atomic E-state index is 6.22. The number of benzene rings is 1. The molecule has 0 aliphatic heterocycles. The number of nitrogens with two attached hydrogens (primary N) is 1. The van der Waals surface area contributed by atoms with Gasteiger partial charge in [0.1, 0.15) is 0 Å². The number of aromatic amines is 1. The van der Waals surface area contributed by atoms with Crippen molar-refractivity contribution in [1.29, 1.82) is 0 Å². The standard InChI is InChI=1S/C12H15ClN2/c1-6-4-5-9(13)11-10(7(2)14)8(3)15-12(6)11/h4-5,7,15H,14H2,1-3H3. The van der Waals surface area contributed by atoms with Gasteiger partial charge in [0.05, 0.1) is 10.5 Å². The van der Waals surface area contributed by atoms with Crippen LogP contribution in [0.4, 0.5) is 0 Å². The molecule has 80 valence electrons. The molecule has 0 bridgehead atoms. The Hall–Kier alpha value is -0.990. The lowest BCUT2D eigenvalue weighted by Crippen LogP contribution is -2.05. The topological polar surface area (TPSA) is 41.8 Å². The first kappa shape index (κ1) is 10.5. The molecule has 15 heavy (non-hydrogen) atoms. The van der Waals surface area contributed by atoms with Crippen molar-refractivity contribution < 1.29 is 0 Å². The van der Waals surface area contributed by atoms with Crippen molar-refractivity contribution >= 4 is 22.5 Å². The molecule has 2 nitrogen and oxygen atoms in total. The number of aromatic nitrogens is 1. The zero-order valence-corrected chi connectivity index (χ0v) is 9.94. The number of fused-ring (bicyclic) bond motifs is 1. The molecule has 2 rings (SSSR count). The van der Waals surface area contributed by atoms with Crippen LogP contribution in [0.25, 0.3) is 10.9 Å². The molecule has 0 spiro atoms. The second-order valence-corrected chi connectivity index (χ2v) is 4.47. The normalized spacial score (nSPS) is 13.4. The van der Waals surface area contributed by atoms with Gasteiger partial charge in [-0.1, -0.05) is 17.7 Å². The third-order valence-electron chi connectivity index (χ3n) is 2.80. The van der Waals surface area contributed by atoms with E-state index in [1.807, 2.05) is 26.0 Å². The van der Waals surface area contributed by atoms with Crippen LogP contribution in [0.15, 0.2) is 12.1 Å². The van der Waals surface area contributed by atoms with Gasteiger partial charge < -0.3 is 10.7 Å². The third-order valence-corrected chi connectivity index (χ3v) is 3.12. The summed E-state index contributed by atoms with van der Waals surface area (Å²) in [5.74, 6) is 0.